The summed E-state index contributed by atoms with van der Waals surface area (Å²) < 4.78 is 18.2. The Labute approximate surface area is 160 Å². The molecule has 5 heteroatoms. The third-order valence-corrected chi connectivity index (χ3v) is 5.71. The van der Waals surface area contributed by atoms with E-state index in [2.05, 4.69) is 28.1 Å². The first-order valence-corrected chi connectivity index (χ1v) is 10.6. The summed E-state index contributed by atoms with van der Waals surface area (Å²) in [5, 5.41) is 0. The van der Waals surface area contributed by atoms with E-state index in [1.54, 1.807) is 0 Å². The first kappa shape index (κ1) is 19.9. The molecule has 0 saturated carbocycles. The lowest BCUT2D eigenvalue weighted by Crippen LogP contribution is -2.07. The van der Waals surface area contributed by atoms with E-state index in [1.165, 1.54) is 5.56 Å². The van der Waals surface area contributed by atoms with E-state index in [1.807, 2.05) is 43.3 Å². The largest absolute Gasteiger partial charge is 0.466 e. The number of ether oxygens (including phenoxy) is 1. The monoisotopic (exact) mass is 422 g/mol. The van der Waals surface area contributed by atoms with Gasteiger partial charge in [-0.1, -0.05) is 46.3 Å². The average molecular weight is 423 g/mol. The Kier molecular flexibility index (Phi) is 8.35. The van der Waals surface area contributed by atoms with Crippen molar-refractivity contribution in [2.75, 3.05) is 12.4 Å². The van der Waals surface area contributed by atoms with Gasteiger partial charge in [0.05, 0.1) is 23.8 Å². The van der Waals surface area contributed by atoms with Crippen LogP contribution in [0.1, 0.15) is 30.9 Å². The van der Waals surface area contributed by atoms with Crippen LogP contribution in [0.2, 0.25) is 0 Å². The summed E-state index contributed by atoms with van der Waals surface area (Å²) in [6.07, 6.45) is 3.19. The first-order valence-electron chi connectivity index (χ1n) is 8.46. The fraction of sp³-hybridized carbons (Fsp3) is 0.350. The molecule has 0 aliphatic rings. The molecule has 1 unspecified atom stereocenters. The predicted octanol–water partition coefficient (Wildman–Crippen LogP) is 4.69. The molecular formula is C20H23BrO3S. The molecule has 0 aromatic heterocycles. The molecule has 25 heavy (non-hydrogen) atoms. The van der Waals surface area contributed by atoms with E-state index >= 15 is 0 Å². The van der Waals surface area contributed by atoms with Gasteiger partial charge >= 0.3 is 5.97 Å². The lowest BCUT2D eigenvalue weighted by atomic mass is 10.1. The van der Waals surface area contributed by atoms with Gasteiger partial charge in [0.2, 0.25) is 0 Å². The maximum Gasteiger partial charge on any atom is 0.310 e. The van der Waals surface area contributed by atoms with Gasteiger partial charge in [-0.15, -0.1) is 0 Å². The number of aryl methyl sites for hydroxylation is 1. The maximum atomic E-state index is 12.3. The fourth-order valence-corrected chi connectivity index (χ4v) is 4.23. The third kappa shape index (κ3) is 7.12. The highest BCUT2D eigenvalue weighted by Crippen LogP contribution is 2.16. The van der Waals surface area contributed by atoms with Gasteiger partial charge in [-0.05, 0) is 55.5 Å². The molecule has 0 aliphatic heterocycles. The molecule has 0 amide bonds. The lowest BCUT2D eigenvalue weighted by molar-refractivity contribution is -0.142. The topological polar surface area (TPSA) is 43.4 Å². The van der Waals surface area contributed by atoms with E-state index < -0.39 is 10.8 Å². The highest BCUT2D eigenvalue weighted by molar-refractivity contribution is 9.10. The van der Waals surface area contributed by atoms with Gasteiger partial charge in [0.1, 0.15) is 0 Å². The molecule has 2 aromatic carbocycles. The van der Waals surface area contributed by atoms with E-state index in [4.69, 9.17) is 4.74 Å². The summed E-state index contributed by atoms with van der Waals surface area (Å²) >= 11 is 3.41. The van der Waals surface area contributed by atoms with Crippen molar-refractivity contribution in [2.45, 2.75) is 37.5 Å². The van der Waals surface area contributed by atoms with Crippen molar-refractivity contribution < 1.29 is 13.7 Å². The minimum Gasteiger partial charge on any atom is -0.466 e. The highest BCUT2D eigenvalue weighted by Gasteiger charge is 2.05. The molecule has 1 atom stereocenters. The second-order valence-electron chi connectivity index (χ2n) is 5.76. The van der Waals surface area contributed by atoms with Crippen molar-refractivity contribution in [3.8, 4) is 0 Å². The smallest absolute Gasteiger partial charge is 0.310 e. The van der Waals surface area contributed by atoms with Crippen LogP contribution >= 0.6 is 15.9 Å². The highest BCUT2D eigenvalue weighted by atomic mass is 79.9. The van der Waals surface area contributed by atoms with Crippen molar-refractivity contribution >= 4 is 32.7 Å². The summed E-state index contributed by atoms with van der Waals surface area (Å²) in [5.74, 6) is 0.488. The molecule has 0 radical (unpaired) electrons. The number of hydrogen-bond donors (Lipinski definition) is 0. The molecule has 0 heterocycles. The van der Waals surface area contributed by atoms with Crippen molar-refractivity contribution in [1.82, 2.24) is 0 Å². The molecule has 3 nitrogen and oxygen atoms in total. The van der Waals surface area contributed by atoms with Crippen molar-refractivity contribution in [2.24, 2.45) is 0 Å². The average Bonchev–Trinajstić information content (AvgIpc) is 2.60. The number of carbonyl (C=O) groups is 1. The normalized spacial score (nSPS) is 11.9. The van der Waals surface area contributed by atoms with Gasteiger partial charge in [-0.2, -0.15) is 0 Å². The van der Waals surface area contributed by atoms with Crippen LogP contribution in [0.4, 0.5) is 0 Å². The van der Waals surface area contributed by atoms with Crippen LogP contribution in [0.15, 0.2) is 57.9 Å². The summed E-state index contributed by atoms with van der Waals surface area (Å²) in [5.41, 5.74) is 2.21. The van der Waals surface area contributed by atoms with Crippen molar-refractivity contribution in [3.05, 3.63) is 64.1 Å². The third-order valence-electron chi connectivity index (χ3n) is 3.78. The van der Waals surface area contributed by atoms with Crippen LogP contribution in [0.3, 0.4) is 0 Å². The Morgan fingerprint density at radius 1 is 1.08 bits per heavy atom. The Morgan fingerprint density at radius 2 is 1.80 bits per heavy atom. The van der Waals surface area contributed by atoms with Crippen LogP contribution < -0.4 is 0 Å². The SMILES string of the molecule is CCOC(=O)Cc1ccc(CCCCS(=O)c2cccc(Br)c2)cc1. The summed E-state index contributed by atoms with van der Waals surface area (Å²) in [6, 6.07) is 15.7. The molecule has 134 valence electrons. The quantitative estimate of drug-likeness (QED) is 0.434. The second-order valence-corrected chi connectivity index (χ2v) is 8.25. The van der Waals surface area contributed by atoms with E-state index in [0.29, 0.717) is 18.8 Å². The standard InChI is InChI=1S/C20H23BrO3S/c1-2-24-20(22)14-17-11-9-16(10-12-17)6-3-4-13-25(23)19-8-5-7-18(21)15-19/h5,7-12,15H,2-4,6,13-14H2,1H3. The van der Waals surface area contributed by atoms with Crippen LogP contribution in [0, 0.1) is 0 Å². The molecule has 0 bridgehead atoms. The van der Waals surface area contributed by atoms with E-state index in [0.717, 1.165) is 34.2 Å². The van der Waals surface area contributed by atoms with Crippen LogP contribution in [-0.2, 0) is 33.2 Å². The Hall–Kier alpha value is -1.46. The Morgan fingerprint density at radius 3 is 2.48 bits per heavy atom. The molecular weight excluding hydrogens is 400 g/mol. The van der Waals surface area contributed by atoms with E-state index in [-0.39, 0.29) is 5.97 Å². The van der Waals surface area contributed by atoms with Crippen molar-refractivity contribution in [3.63, 3.8) is 0 Å². The fourth-order valence-electron chi connectivity index (χ4n) is 2.49. The van der Waals surface area contributed by atoms with Gasteiger partial charge < -0.3 is 4.74 Å². The van der Waals surface area contributed by atoms with Crippen LogP contribution in [0.5, 0.6) is 0 Å². The van der Waals surface area contributed by atoms with Gasteiger partial charge in [-0.25, -0.2) is 0 Å². The summed E-state index contributed by atoms with van der Waals surface area (Å²) in [6.45, 7) is 2.23. The molecule has 0 saturated heterocycles. The minimum absolute atomic E-state index is 0.190. The Bertz CT molecular complexity index is 713. The number of esters is 1. The van der Waals surface area contributed by atoms with Crippen LogP contribution in [0.25, 0.3) is 0 Å². The zero-order valence-electron chi connectivity index (χ0n) is 14.4. The minimum atomic E-state index is -0.945. The number of benzene rings is 2. The van der Waals surface area contributed by atoms with Crippen LogP contribution in [-0.4, -0.2) is 22.5 Å². The number of halogens is 1. The second kappa shape index (κ2) is 10.5. The number of hydrogen-bond acceptors (Lipinski definition) is 3. The van der Waals surface area contributed by atoms with E-state index in [9.17, 15) is 9.00 Å². The predicted molar refractivity (Wildman–Crippen MR) is 105 cm³/mol. The molecule has 0 spiro atoms. The first-order chi connectivity index (χ1) is 12.1. The molecule has 2 rings (SSSR count). The zero-order valence-corrected chi connectivity index (χ0v) is 16.8. The summed E-state index contributed by atoms with van der Waals surface area (Å²) in [4.78, 5) is 12.3. The zero-order chi connectivity index (χ0) is 18.1. The number of unbranched alkanes of at least 4 members (excludes halogenated alkanes) is 1. The molecule has 0 aliphatic carbocycles. The molecule has 0 N–H and O–H groups in total. The molecule has 2 aromatic rings. The van der Waals surface area contributed by atoms with Gasteiger partial charge in [0.15, 0.2) is 0 Å². The van der Waals surface area contributed by atoms with Gasteiger partial charge in [0, 0.05) is 15.1 Å². The molecule has 0 fully saturated rings. The lowest BCUT2D eigenvalue weighted by Gasteiger charge is -2.05. The maximum absolute atomic E-state index is 12.3. The van der Waals surface area contributed by atoms with Crippen molar-refractivity contribution in [1.29, 1.82) is 0 Å². The number of rotatable bonds is 9. The number of carbonyl (C=O) groups excluding carboxylic acids is 1. The van der Waals surface area contributed by atoms with Gasteiger partial charge in [-0.3, -0.25) is 9.00 Å². The summed E-state index contributed by atoms with van der Waals surface area (Å²) in [7, 11) is -0.945. The Balaban J connectivity index is 1.73. The van der Waals surface area contributed by atoms with Gasteiger partial charge in [0.25, 0.3) is 0 Å².